The number of aryl methyl sites for hydroxylation is 1. The van der Waals surface area contributed by atoms with Gasteiger partial charge in [-0.2, -0.15) is 0 Å². The Kier molecular flexibility index (Phi) is 2.03. The number of fused-ring (bicyclic) bond motifs is 1. The Hall–Kier alpha value is -0.600. The lowest BCUT2D eigenvalue weighted by Gasteiger charge is -1.90. The number of halogens is 1. The van der Waals surface area contributed by atoms with Gasteiger partial charge in [-0.1, -0.05) is 12.1 Å². The van der Waals surface area contributed by atoms with Crippen LogP contribution in [-0.4, -0.2) is 4.98 Å². The Balaban J connectivity index is 2.74. The molecule has 0 N–H and O–H groups in total. The van der Waals surface area contributed by atoms with Crippen molar-refractivity contribution < 1.29 is 0 Å². The Morgan fingerprint density at radius 2 is 2.33 bits per heavy atom. The van der Waals surface area contributed by atoms with Crippen LogP contribution in [0, 0.1) is 6.92 Å². The van der Waals surface area contributed by atoms with Crippen molar-refractivity contribution in [1.82, 2.24) is 4.98 Å². The lowest BCUT2D eigenvalue weighted by atomic mass is 10.2. The molecule has 1 aromatic carbocycles. The van der Waals surface area contributed by atoms with E-state index < -0.39 is 0 Å². The van der Waals surface area contributed by atoms with Crippen molar-refractivity contribution in [3.63, 3.8) is 0 Å². The summed E-state index contributed by atoms with van der Waals surface area (Å²) in [6.45, 7) is 2.10. The number of thiazole rings is 1. The van der Waals surface area contributed by atoms with Gasteiger partial charge in [0.2, 0.25) is 0 Å². The third kappa shape index (κ3) is 1.21. The number of rotatable bonds is 1. The van der Waals surface area contributed by atoms with E-state index >= 15 is 0 Å². The van der Waals surface area contributed by atoms with Crippen LogP contribution in [0.1, 0.15) is 10.6 Å². The molecule has 1 heterocycles. The van der Waals surface area contributed by atoms with Crippen LogP contribution in [0.25, 0.3) is 10.2 Å². The third-order valence-corrected chi connectivity index (χ3v) is 3.39. The molecule has 12 heavy (non-hydrogen) atoms. The summed E-state index contributed by atoms with van der Waals surface area (Å²) in [7, 11) is 0. The van der Waals surface area contributed by atoms with E-state index in [4.69, 9.17) is 11.6 Å². The molecule has 0 fully saturated rings. The number of hydrogen-bond acceptors (Lipinski definition) is 2. The Morgan fingerprint density at radius 1 is 1.50 bits per heavy atom. The van der Waals surface area contributed by atoms with Crippen molar-refractivity contribution in [2.45, 2.75) is 12.8 Å². The van der Waals surface area contributed by atoms with Gasteiger partial charge in [0.25, 0.3) is 0 Å². The summed E-state index contributed by atoms with van der Waals surface area (Å²) in [5.74, 6) is 0.513. The summed E-state index contributed by atoms with van der Waals surface area (Å²) < 4.78 is 1.26. The highest BCUT2D eigenvalue weighted by Crippen LogP contribution is 2.25. The number of benzene rings is 1. The highest BCUT2D eigenvalue weighted by molar-refractivity contribution is 7.18. The molecule has 0 atom stereocenters. The van der Waals surface area contributed by atoms with Crippen LogP contribution in [-0.2, 0) is 5.88 Å². The zero-order valence-corrected chi connectivity index (χ0v) is 8.25. The van der Waals surface area contributed by atoms with Crippen LogP contribution in [0.15, 0.2) is 18.2 Å². The summed E-state index contributed by atoms with van der Waals surface area (Å²) in [5.41, 5.74) is 2.34. The van der Waals surface area contributed by atoms with Crippen molar-refractivity contribution in [3.05, 3.63) is 28.8 Å². The van der Waals surface area contributed by atoms with Gasteiger partial charge in [0.15, 0.2) is 0 Å². The fourth-order valence-corrected chi connectivity index (χ4v) is 2.29. The first-order chi connectivity index (χ1) is 5.81. The van der Waals surface area contributed by atoms with Crippen molar-refractivity contribution in [3.8, 4) is 0 Å². The van der Waals surface area contributed by atoms with E-state index in [2.05, 4.69) is 18.0 Å². The summed E-state index contributed by atoms with van der Waals surface area (Å²) in [4.78, 5) is 4.38. The van der Waals surface area contributed by atoms with Gasteiger partial charge in [0, 0.05) is 0 Å². The summed E-state index contributed by atoms with van der Waals surface area (Å²) in [6.07, 6.45) is 0. The van der Waals surface area contributed by atoms with Gasteiger partial charge in [-0.25, -0.2) is 4.98 Å². The first kappa shape index (κ1) is 8.02. The molecule has 1 nitrogen and oxygen atoms in total. The summed E-state index contributed by atoms with van der Waals surface area (Å²) in [5, 5.41) is 1.00. The Labute approximate surface area is 80.0 Å². The van der Waals surface area contributed by atoms with E-state index in [9.17, 15) is 0 Å². The van der Waals surface area contributed by atoms with Gasteiger partial charge < -0.3 is 0 Å². The van der Waals surface area contributed by atoms with Crippen LogP contribution in [0.4, 0.5) is 0 Å². The van der Waals surface area contributed by atoms with Gasteiger partial charge in [0.1, 0.15) is 5.01 Å². The number of alkyl halides is 1. The van der Waals surface area contributed by atoms with E-state index in [0.29, 0.717) is 5.88 Å². The van der Waals surface area contributed by atoms with Crippen LogP contribution >= 0.6 is 22.9 Å². The average Bonchev–Trinajstić information content (AvgIpc) is 2.49. The molecule has 0 saturated heterocycles. The molecule has 0 aliphatic heterocycles. The van der Waals surface area contributed by atoms with Crippen molar-refractivity contribution in [2.75, 3.05) is 0 Å². The molecule has 0 bridgehead atoms. The molecular weight excluding hydrogens is 190 g/mol. The minimum absolute atomic E-state index is 0.513. The van der Waals surface area contributed by atoms with Crippen LogP contribution in [0.3, 0.4) is 0 Å². The second-order valence-electron chi connectivity index (χ2n) is 2.66. The molecule has 0 saturated carbocycles. The normalized spacial score (nSPS) is 10.8. The molecule has 62 valence electrons. The highest BCUT2D eigenvalue weighted by atomic mass is 35.5. The van der Waals surface area contributed by atoms with Crippen LogP contribution < -0.4 is 0 Å². The standard InChI is InChI=1S/C9H8ClNS/c1-6-3-2-4-7-9(6)12-8(5-10)11-7/h2-4H,5H2,1H3. The molecule has 0 unspecified atom stereocenters. The highest BCUT2D eigenvalue weighted by Gasteiger charge is 2.03. The second kappa shape index (κ2) is 3.04. The molecule has 0 radical (unpaired) electrons. The smallest absolute Gasteiger partial charge is 0.109 e. The quantitative estimate of drug-likeness (QED) is 0.639. The monoisotopic (exact) mass is 197 g/mol. The molecular formula is C9H8ClNS. The maximum absolute atomic E-state index is 5.70. The first-order valence-electron chi connectivity index (χ1n) is 3.72. The van der Waals surface area contributed by atoms with Crippen molar-refractivity contribution in [2.24, 2.45) is 0 Å². The molecule has 0 aliphatic carbocycles. The molecule has 0 amide bonds. The lowest BCUT2D eigenvalue weighted by molar-refractivity contribution is 1.30. The van der Waals surface area contributed by atoms with Crippen LogP contribution in [0.2, 0.25) is 0 Å². The van der Waals surface area contributed by atoms with Crippen LogP contribution in [0.5, 0.6) is 0 Å². The fraction of sp³-hybridized carbons (Fsp3) is 0.222. The SMILES string of the molecule is Cc1cccc2nc(CCl)sc12. The number of aromatic nitrogens is 1. The van der Waals surface area contributed by atoms with Gasteiger partial charge in [-0.05, 0) is 18.6 Å². The molecule has 0 spiro atoms. The maximum atomic E-state index is 5.70. The predicted molar refractivity (Wildman–Crippen MR) is 53.9 cm³/mol. The largest absolute Gasteiger partial charge is 0.240 e. The van der Waals surface area contributed by atoms with E-state index in [1.165, 1.54) is 10.3 Å². The van der Waals surface area contributed by atoms with E-state index in [0.717, 1.165) is 10.5 Å². The third-order valence-electron chi connectivity index (χ3n) is 1.77. The summed E-state index contributed by atoms with van der Waals surface area (Å²) in [6, 6.07) is 6.14. The minimum atomic E-state index is 0.513. The van der Waals surface area contributed by atoms with E-state index in [1.807, 2.05) is 12.1 Å². The molecule has 2 rings (SSSR count). The number of hydrogen-bond donors (Lipinski definition) is 0. The van der Waals surface area contributed by atoms with Gasteiger partial charge in [0.05, 0.1) is 16.1 Å². The molecule has 1 aromatic heterocycles. The Bertz CT molecular complexity index is 408. The maximum Gasteiger partial charge on any atom is 0.109 e. The zero-order chi connectivity index (χ0) is 8.55. The van der Waals surface area contributed by atoms with Gasteiger partial charge in [-0.3, -0.25) is 0 Å². The first-order valence-corrected chi connectivity index (χ1v) is 5.07. The summed E-state index contributed by atoms with van der Waals surface area (Å²) >= 11 is 7.38. The number of nitrogens with zero attached hydrogens (tertiary/aromatic N) is 1. The van der Waals surface area contributed by atoms with Crippen molar-refractivity contribution >= 4 is 33.2 Å². The second-order valence-corrected chi connectivity index (χ2v) is 4.02. The van der Waals surface area contributed by atoms with E-state index in [-0.39, 0.29) is 0 Å². The Morgan fingerprint density at radius 3 is 3.00 bits per heavy atom. The topological polar surface area (TPSA) is 12.9 Å². The lowest BCUT2D eigenvalue weighted by Crippen LogP contribution is -1.72. The molecule has 3 heteroatoms. The predicted octanol–water partition coefficient (Wildman–Crippen LogP) is 3.34. The van der Waals surface area contributed by atoms with E-state index in [1.54, 1.807) is 11.3 Å². The molecule has 2 aromatic rings. The average molecular weight is 198 g/mol. The fourth-order valence-electron chi connectivity index (χ4n) is 1.19. The van der Waals surface area contributed by atoms with Gasteiger partial charge >= 0.3 is 0 Å². The zero-order valence-electron chi connectivity index (χ0n) is 6.67. The van der Waals surface area contributed by atoms with Crippen molar-refractivity contribution in [1.29, 1.82) is 0 Å². The minimum Gasteiger partial charge on any atom is -0.240 e. The van der Waals surface area contributed by atoms with Gasteiger partial charge in [-0.15, -0.1) is 22.9 Å². The molecule has 0 aliphatic rings.